The van der Waals surface area contributed by atoms with Gasteiger partial charge in [0.2, 0.25) is 0 Å². The van der Waals surface area contributed by atoms with Crippen molar-refractivity contribution in [2.45, 2.75) is 39.9 Å². The first kappa shape index (κ1) is 22.3. The van der Waals surface area contributed by atoms with Gasteiger partial charge in [-0.25, -0.2) is 9.59 Å². The van der Waals surface area contributed by atoms with Gasteiger partial charge in [-0.15, -0.1) is 0 Å². The van der Waals surface area contributed by atoms with Gasteiger partial charge in [-0.3, -0.25) is 0 Å². The fraction of sp³-hybridized carbons (Fsp3) is 0.304. The van der Waals surface area contributed by atoms with Crippen LogP contribution < -0.4 is 15.1 Å². The number of halogens is 2. The molecule has 0 N–H and O–H groups in total. The Bertz CT molecular complexity index is 1170. The average molecular weight is 432 g/mol. The van der Waals surface area contributed by atoms with Crippen molar-refractivity contribution in [1.29, 1.82) is 0 Å². The van der Waals surface area contributed by atoms with Gasteiger partial charge in [0.25, 0.3) is 0 Å². The highest BCUT2D eigenvalue weighted by Gasteiger charge is 2.17. The average Bonchev–Trinajstić information content (AvgIpc) is 2.70. The van der Waals surface area contributed by atoms with Crippen LogP contribution in [0.5, 0.6) is 11.5 Å². The lowest BCUT2D eigenvalue weighted by atomic mass is 9.95. The molecule has 0 atom stereocenters. The molecule has 0 saturated carbocycles. The van der Waals surface area contributed by atoms with Gasteiger partial charge in [-0.05, 0) is 54.3 Å². The first-order valence-corrected chi connectivity index (χ1v) is 9.56. The number of hydrogen-bond acceptors (Lipinski definition) is 6. The predicted molar refractivity (Wildman–Crippen MR) is 110 cm³/mol. The van der Waals surface area contributed by atoms with Crippen molar-refractivity contribution >= 4 is 16.9 Å². The number of ether oxygens (including phenoxy) is 3. The lowest BCUT2D eigenvalue weighted by molar-refractivity contribution is -0.0512. The molecule has 0 fully saturated rings. The second-order valence-corrected chi connectivity index (χ2v) is 7.27. The number of hydrogen-bond donors (Lipinski definition) is 0. The second kappa shape index (κ2) is 9.16. The largest absolute Gasteiger partial charge is 0.493 e. The van der Waals surface area contributed by atoms with E-state index in [4.69, 9.17) is 13.9 Å². The van der Waals surface area contributed by atoms with Crippen molar-refractivity contribution in [3.8, 4) is 11.5 Å². The van der Waals surface area contributed by atoms with Crippen LogP contribution in [0.4, 0.5) is 8.78 Å². The maximum Gasteiger partial charge on any atom is 0.387 e. The molecule has 0 spiro atoms. The molecule has 0 unspecified atom stereocenters. The van der Waals surface area contributed by atoms with Crippen LogP contribution in [0, 0.1) is 6.92 Å². The van der Waals surface area contributed by atoms with Crippen molar-refractivity contribution in [1.82, 2.24) is 0 Å². The van der Waals surface area contributed by atoms with Crippen LogP contribution in [-0.2, 0) is 11.3 Å². The monoisotopic (exact) mass is 432 g/mol. The normalized spacial score (nSPS) is 11.2. The molecule has 3 rings (SSSR count). The number of alkyl halides is 2. The van der Waals surface area contributed by atoms with Crippen molar-refractivity contribution in [2.75, 3.05) is 7.11 Å². The minimum atomic E-state index is -3.02. The second-order valence-electron chi connectivity index (χ2n) is 7.27. The van der Waals surface area contributed by atoms with Crippen molar-refractivity contribution < 1.29 is 32.2 Å². The minimum absolute atomic E-state index is 0.0300. The van der Waals surface area contributed by atoms with Gasteiger partial charge in [-0.2, -0.15) is 8.78 Å². The molecule has 0 amide bonds. The highest BCUT2D eigenvalue weighted by Crippen LogP contribution is 2.30. The van der Waals surface area contributed by atoms with Crippen molar-refractivity contribution in [3.05, 3.63) is 69.1 Å². The van der Waals surface area contributed by atoms with Crippen LogP contribution in [0.2, 0.25) is 0 Å². The summed E-state index contributed by atoms with van der Waals surface area (Å²) in [6, 6.07) is 8.75. The van der Waals surface area contributed by atoms with Crippen molar-refractivity contribution in [3.63, 3.8) is 0 Å². The number of rotatable bonds is 7. The lowest BCUT2D eigenvalue weighted by Gasteiger charge is -2.14. The van der Waals surface area contributed by atoms with E-state index in [0.29, 0.717) is 16.5 Å². The molecule has 0 aliphatic heterocycles. The zero-order valence-electron chi connectivity index (χ0n) is 17.5. The topological polar surface area (TPSA) is 75.0 Å². The SMILES string of the molecule is COc1cc(C(=O)OCc2cc(=O)oc3cc(C)c(C(C)C)cc23)ccc1OC(F)F. The number of aryl methyl sites for hydroxylation is 1. The first-order valence-electron chi connectivity index (χ1n) is 9.56. The summed E-state index contributed by atoms with van der Waals surface area (Å²) in [5, 5.41) is 0.681. The molecule has 0 radical (unpaired) electrons. The lowest BCUT2D eigenvalue weighted by Crippen LogP contribution is -2.09. The molecular weight excluding hydrogens is 410 g/mol. The molecule has 6 nitrogen and oxygen atoms in total. The first-order chi connectivity index (χ1) is 14.7. The summed E-state index contributed by atoms with van der Waals surface area (Å²) in [5.41, 5.74) is 2.54. The van der Waals surface area contributed by atoms with Crippen LogP contribution in [0.15, 0.2) is 45.6 Å². The number of benzene rings is 2. The van der Waals surface area contributed by atoms with Crippen LogP contribution in [0.3, 0.4) is 0 Å². The van der Waals surface area contributed by atoms with E-state index < -0.39 is 18.2 Å². The van der Waals surface area contributed by atoms with E-state index in [0.717, 1.165) is 11.1 Å². The Morgan fingerprint density at radius 1 is 1.10 bits per heavy atom. The molecule has 0 saturated heterocycles. The summed E-state index contributed by atoms with van der Waals surface area (Å²) in [5.74, 6) is -0.678. The fourth-order valence-electron chi connectivity index (χ4n) is 3.35. The van der Waals surface area contributed by atoms with E-state index in [1.165, 1.54) is 31.4 Å². The Morgan fingerprint density at radius 3 is 2.48 bits per heavy atom. The highest BCUT2D eigenvalue weighted by molar-refractivity contribution is 5.90. The Labute approximate surface area is 177 Å². The Kier molecular flexibility index (Phi) is 6.58. The van der Waals surface area contributed by atoms with E-state index >= 15 is 0 Å². The number of esters is 1. The third-order valence-corrected chi connectivity index (χ3v) is 4.81. The maximum atomic E-state index is 12.5. The zero-order chi connectivity index (χ0) is 22.7. The number of carbonyl (C=O) groups is 1. The molecule has 8 heteroatoms. The molecule has 1 heterocycles. The van der Waals surface area contributed by atoms with Crippen molar-refractivity contribution in [2.24, 2.45) is 0 Å². The summed E-state index contributed by atoms with van der Waals surface area (Å²) in [6.07, 6.45) is 0. The maximum absolute atomic E-state index is 12.5. The van der Waals surface area contributed by atoms with Gasteiger partial charge in [0, 0.05) is 17.0 Å². The van der Waals surface area contributed by atoms with E-state index in [1.807, 2.05) is 13.0 Å². The van der Waals surface area contributed by atoms with Crippen LogP contribution >= 0.6 is 0 Å². The number of methoxy groups -OCH3 is 1. The summed E-state index contributed by atoms with van der Waals surface area (Å²) in [4.78, 5) is 24.5. The van der Waals surface area contributed by atoms with E-state index in [1.54, 1.807) is 6.07 Å². The standard InChI is InChI=1S/C23H22F2O6/c1-12(2)16-10-17-15(9-21(26)30-19(17)7-13(16)3)11-29-22(27)14-5-6-18(31-23(24)25)20(8-14)28-4/h5-10,12,23H,11H2,1-4H3. The summed E-state index contributed by atoms with van der Waals surface area (Å²) < 4.78 is 44.9. The minimum Gasteiger partial charge on any atom is -0.493 e. The van der Waals surface area contributed by atoms with E-state index in [-0.39, 0.29) is 29.6 Å². The smallest absolute Gasteiger partial charge is 0.387 e. The van der Waals surface area contributed by atoms with Gasteiger partial charge in [-0.1, -0.05) is 13.8 Å². The van der Waals surface area contributed by atoms with Gasteiger partial charge in [0.15, 0.2) is 11.5 Å². The summed E-state index contributed by atoms with van der Waals surface area (Å²) in [6.45, 7) is 2.86. The number of carbonyl (C=O) groups excluding carboxylic acids is 1. The van der Waals surface area contributed by atoms with Gasteiger partial charge in [0.05, 0.1) is 12.7 Å². The molecule has 2 aromatic carbocycles. The van der Waals surface area contributed by atoms with E-state index in [2.05, 4.69) is 18.6 Å². The summed E-state index contributed by atoms with van der Waals surface area (Å²) >= 11 is 0. The molecular formula is C23H22F2O6. The van der Waals surface area contributed by atoms with Gasteiger partial charge < -0.3 is 18.6 Å². The quantitative estimate of drug-likeness (QED) is 0.378. The van der Waals surface area contributed by atoms with Crippen LogP contribution in [-0.4, -0.2) is 19.7 Å². The summed E-state index contributed by atoms with van der Waals surface area (Å²) in [7, 11) is 1.27. The predicted octanol–water partition coefficient (Wildman–Crippen LogP) is 5.19. The molecule has 3 aromatic rings. The molecule has 0 aliphatic rings. The molecule has 1 aromatic heterocycles. The van der Waals surface area contributed by atoms with Gasteiger partial charge in [0.1, 0.15) is 12.2 Å². The third kappa shape index (κ3) is 5.02. The zero-order valence-corrected chi connectivity index (χ0v) is 17.5. The number of fused-ring (bicyclic) bond motifs is 1. The van der Waals surface area contributed by atoms with Gasteiger partial charge >= 0.3 is 18.2 Å². The van der Waals surface area contributed by atoms with Crippen LogP contribution in [0.25, 0.3) is 11.0 Å². The highest BCUT2D eigenvalue weighted by atomic mass is 19.3. The molecule has 0 bridgehead atoms. The van der Waals surface area contributed by atoms with Crippen LogP contribution in [0.1, 0.15) is 46.8 Å². The molecule has 0 aliphatic carbocycles. The molecule has 31 heavy (non-hydrogen) atoms. The Morgan fingerprint density at radius 2 is 1.84 bits per heavy atom. The third-order valence-electron chi connectivity index (χ3n) is 4.81. The molecule has 164 valence electrons. The fourth-order valence-corrected chi connectivity index (χ4v) is 3.35. The Hall–Kier alpha value is -3.42. The van der Waals surface area contributed by atoms with E-state index in [9.17, 15) is 18.4 Å². The Balaban J connectivity index is 1.87.